The smallest absolute Gasteiger partial charge is 0.279 e. The molecule has 1 atom stereocenters. The Morgan fingerprint density at radius 1 is 0.846 bits per heavy atom. The van der Waals surface area contributed by atoms with Crippen LogP contribution in [0, 0.1) is 20.8 Å². The third kappa shape index (κ3) is 5.70. The van der Waals surface area contributed by atoms with Crippen LogP contribution in [0.25, 0.3) is 0 Å². The average Bonchev–Trinajstić information content (AvgIpc) is 2.57. The molecule has 0 bridgehead atoms. The fourth-order valence-electron chi connectivity index (χ4n) is 2.87. The number of likely N-dealkylation sites (N-methyl/N-ethyl adjacent to an activating group) is 1. The number of benzene rings is 2. The van der Waals surface area contributed by atoms with Crippen LogP contribution in [-0.4, -0.2) is 32.0 Å². The van der Waals surface area contributed by atoms with Crippen LogP contribution in [0.1, 0.15) is 22.3 Å². The zero-order valence-corrected chi connectivity index (χ0v) is 16.0. The lowest BCUT2D eigenvalue weighted by atomic mass is 10.1. The summed E-state index contributed by atoms with van der Waals surface area (Å²) in [4.78, 5) is 25.2. The molecule has 2 aromatic rings. The number of hydrogen-bond acceptors (Lipinski definition) is 2. The monoisotopic (exact) mass is 354 g/mol. The number of anilines is 1. The van der Waals surface area contributed by atoms with Crippen molar-refractivity contribution in [3.05, 3.63) is 64.7 Å². The first kappa shape index (κ1) is 19.7. The Bertz CT molecular complexity index is 766. The predicted molar refractivity (Wildman–Crippen MR) is 104 cm³/mol. The SMILES string of the molecule is Cc1ccccc1CNC(=O)C[NH+](C)CC(=O)Nc1c(C)cccc1C. The number of nitrogens with one attached hydrogen (secondary N) is 3. The Morgan fingerprint density at radius 3 is 2.08 bits per heavy atom. The van der Waals surface area contributed by atoms with Crippen LogP contribution in [-0.2, 0) is 16.1 Å². The molecule has 0 saturated heterocycles. The average molecular weight is 354 g/mol. The van der Waals surface area contributed by atoms with Gasteiger partial charge in [0.15, 0.2) is 13.1 Å². The Morgan fingerprint density at radius 2 is 1.42 bits per heavy atom. The van der Waals surface area contributed by atoms with Crippen molar-refractivity contribution in [1.29, 1.82) is 0 Å². The van der Waals surface area contributed by atoms with Crippen LogP contribution in [0.4, 0.5) is 5.69 Å². The summed E-state index contributed by atoms with van der Waals surface area (Å²) in [7, 11) is 1.84. The molecule has 5 nitrogen and oxygen atoms in total. The van der Waals surface area contributed by atoms with Gasteiger partial charge in [-0.15, -0.1) is 0 Å². The first-order valence-electron chi connectivity index (χ1n) is 8.85. The van der Waals surface area contributed by atoms with Crippen molar-refractivity contribution in [1.82, 2.24) is 5.32 Å². The van der Waals surface area contributed by atoms with Crippen LogP contribution in [0.3, 0.4) is 0 Å². The van der Waals surface area contributed by atoms with E-state index in [1.807, 2.05) is 70.3 Å². The molecule has 0 aliphatic rings. The molecule has 0 aliphatic heterocycles. The largest absolute Gasteiger partial charge is 0.347 e. The number of hydrogen-bond donors (Lipinski definition) is 3. The van der Waals surface area contributed by atoms with E-state index in [1.54, 1.807) is 0 Å². The summed E-state index contributed by atoms with van der Waals surface area (Å²) in [6.45, 7) is 6.97. The molecule has 26 heavy (non-hydrogen) atoms. The standard InChI is InChI=1S/C21H27N3O2/c1-15-8-5-6-11-18(15)12-22-19(25)13-24(4)14-20(26)23-21-16(2)9-7-10-17(21)3/h5-11H,12-14H2,1-4H3,(H,22,25)(H,23,26)/p+1. The van der Waals surface area contributed by atoms with Gasteiger partial charge in [0.1, 0.15) is 0 Å². The molecule has 0 heterocycles. The van der Waals surface area contributed by atoms with Gasteiger partial charge >= 0.3 is 0 Å². The van der Waals surface area contributed by atoms with Gasteiger partial charge in [-0.05, 0) is 43.0 Å². The number of aryl methyl sites for hydroxylation is 3. The Balaban J connectivity index is 1.80. The lowest BCUT2D eigenvalue weighted by Crippen LogP contribution is -3.11. The Hall–Kier alpha value is -2.66. The van der Waals surface area contributed by atoms with Crippen LogP contribution in [0.5, 0.6) is 0 Å². The summed E-state index contributed by atoms with van der Waals surface area (Å²) in [5.41, 5.74) is 5.18. The van der Waals surface area contributed by atoms with Crippen molar-refractivity contribution in [3.8, 4) is 0 Å². The van der Waals surface area contributed by atoms with Gasteiger partial charge in [0.25, 0.3) is 11.8 Å². The van der Waals surface area contributed by atoms with Crippen LogP contribution >= 0.6 is 0 Å². The van der Waals surface area contributed by atoms with E-state index in [9.17, 15) is 9.59 Å². The number of carbonyl (C=O) groups is 2. The summed E-state index contributed by atoms with van der Waals surface area (Å²) in [5, 5.41) is 5.88. The van der Waals surface area contributed by atoms with E-state index in [-0.39, 0.29) is 24.9 Å². The molecule has 0 aromatic heterocycles. The van der Waals surface area contributed by atoms with E-state index in [0.717, 1.165) is 32.8 Å². The molecular formula is C21H28N3O2+. The molecule has 5 heteroatoms. The topological polar surface area (TPSA) is 62.6 Å². The lowest BCUT2D eigenvalue weighted by molar-refractivity contribution is -0.862. The molecule has 0 fully saturated rings. The van der Waals surface area contributed by atoms with Crippen molar-refractivity contribution in [2.45, 2.75) is 27.3 Å². The summed E-state index contributed by atoms with van der Waals surface area (Å²) in [5.74, 6) is -0.155. The third-order valence-electron chi connectivity index (χ3n) is 4.41. The zero-order chi connectivity index (χ0) is 19.1. The van der Waals surface area contributed by atoms with Gasteiger partial charge < -0.3 is 15.5 Å². The maximum Gasteiger partial charge on any atom is 0.279 e. The Labute approximate surface area is 155 Å². The third-order valence-corrected chi connectivity index (χ3v) is 4.41. The molecule has 0 aliphatic carbocycles. The molecule has 1 unspecified atom stereocenters. The molecule has 0 saturated carbocycles. The highest BCUT2D eigenvalue weighted by molar-refractivity contribution is 5.93. The van der Waals surface area contributed by atoms with Crippen LogP contribution in [0.15, 0.2) is 42.5 Å². The first-order valence-corrected chi connectivity index (χ1v) is 8.85. The lowest BCUT2D eigenvalue weighted by Gasteiger charge is -2.16. The van der Waals surface area contributed by atoms with Crippen molar-refractivity contribution in [2.75, 3.05) is 25.5 Å². The summed E-state index contributed by atoms with van der Waals surface area (Å²) >= 11 is 0. The van der Waals surface area contributed by atoms with Crippen molar-refractivity contribution < 1.29 is 14.5 Å². The van der Waals surface area contributed by atoms with Crippen molar-refractivity contribution >= 4 is 17.5 Å². The summed E-state index contributed by atoms with van der Waals surface area (Å²) in [6, 6.07) is 13.9. The van der Waals surface area contributed by atoms with E-state index in [2.05, 4.69) is 10.6 Å². The van der Waals surface area contributed by atoms with E-state index in [1.165, 1.54) is 0 Å². The first-order chi connectivity index (χ1) is 12.4. The minimum atomic E-state index is -0.0911. The maximum atomic E-state index is 12.3. The number of para-hydroxylation sites is 1. The van der Waals surface area contributed by atoms with Gasteiger partial charge in [0.05, 0.1) is 7.05 Å². The highest BCUT2D eigenvalue weighted by Gasteiger charge is 2.15. The van der Waals surface area contributed by atoms with E-state index in [4.69, 9.17) is 0 Å². The molecule has 0 radical (unpaired) electrons. The molecular weight excluding hydrogens is 326 g/mol. The second-order valence-electron chi connectivity index (χ2n) is 6.83. The molecule has 3 N–H and O–H groups in total. The van der Waals surface area contributed by atoms with Crippen LogP contribution in [0.2, 0.25) is 0 Å². The minimum absolute atomic E-state index is 0.0642. The number of carbonyl (C=O) groups excluding carboxylic acids is 2. The fraction of sp³-hybridized carbons (Fsp3) is 0.333. The van der Waals surface area contributed by atoms with E-state index >= 15 is 0 Å². The van der Waals surface area contributed by atoms with Gasteiger partial charge in [-0.25, -0.2) is 0 Å². The second kappa shape index (κ2) is 9.15. The highest BCUT2D eigenvalue weighted by atomic mass is 16.2. The van der Waals surface area contributed by atoms with Crippen molar-refractivity contribution in [3.63, 3.8) is 0 Å². The second-order valence-corrected chi connectivity index (χ2v) is 6.83. The quantitative estimate of drug-likeness (QED) is 0.703. The summed E-state index contributed by atoms with van der Waals surface area (Å²) < 4.78 is 0. The molecule has 2 rings (SSSR count). The maximum absolute atomic E-state index is 12.3. The minimum Gasteiger partial charge on any atom is -0.347 e. The van der Waals surface area contributed by atoms with Crippen LogP contribution < -0.4 is 15.5 Å². The van der Waals surface area contributed by atoms with E-state index < -0.39 is 0 Å². The van der Waals surface area contributed by atoms with Gasteiger partial charge in [-0.2, -0.15) is 0 Å². The van der Waals surface area contributed by atoms with Gasteiger partial charge in [0, 0.05) is 12.2 Å². The normalized spacial score (nSPS) is 11.7. The fourth-order valence-corrected chi connectivity index (χ4v) is 2.87. The van der Waals surface area contributed by atoms with Crippen molar-refractivity contribution in [2.24, 2.45) is 0 Å². The Kier molecular flexibility index (Phi) is 6.92. The number of quaternary nitrogens is 1. The summed E-state index contributed by atoms with van der Waals surface area (Å²) in [6.07, 6.45) is 0. The van der Waals surface area contributed by atoms with Gasteiger partial charge in [-0.3, -0.25) is 9.59 Å². The highest BCUT2D eigenvalue weighted by Crippen LogP contribution is 2.18. The molecule has 2 amide bonds. The number of amides is 2. The van der Waals surface area contributed by atoms with Gasteiger partial charge in [-0.1, -0.05) is 42.5 Å². The molecule has 2 aromatic carbocycles. The number of rotatable bonds is 7. The molecule has 138 valence electrons. The predicted octanol–water partition coefficient (Wildman–Crippen LogP) is 1.38. The van der Waals surface area contributed by atoms with E-state index in [0.29, 0.717) is 6.54 Å². The zero-order valence-electron chi connectivity index (χ0n) is 16.0. The molecule has 0 spiro atoms. The van der Waals surface area contributed by atoms with Gasteiger partial charge in [0.2, 0.25) is 0 Å².